The topological polar surface area (TPSA) is 26.3 Å². The first kappa shape index (κ1) is 12.7. The van der Waals surface area contributed by atoms with Gasteiger partial charge in [-0.2, -0.15) is 0 Å². The molecule has 0 aliphatic heterocycles. The Hall–Kier alpha value is -1.38. The summed E-state index contributed by atoms with van der Waals surface area (Å²) in [7, 11) is 0. The molecule has 1 aromatic rings. The Morgan fingerprint density at radius 2 is 2.12 bits per heavy atom. The van der Waals surface area contributed by atoms with Gasteiger partial charge in [-0.1, -0.05) is 26.2 Å². The molecule has 0 fully saturated rings. The number of aldehydes is 1. The van der Waals surface area contributed by atoms with Crippen LogP contribution in [0.5, 0.6) is 5.75 Å². The van der Waals surface area contributed by atoms with E-state index in [0.29, 0.717) is 18.6 Å². The maximum absolute atomic E-state index is 13.2. The lowest BCUT2D eigenvalue weighted by Crippen LogP contribution is -1.98. The Bertz CT molecular complexity index is 337. The number of carbonyl (C=O) groups excluding carboxylic acids is 1. The molecule has 0 aliphatic carbocycles. The Kier molecular flexibility index (Phi) is 5.54. The summed E-state index contributed by atoms with van der Waals surface area (Å²) in [6.07, 6.45) is 4.99. The molecule has 3 heteroatoms. The van der Waals surface area contributed by atoms with Crippen molar-refractivity contribution in [2.24, 2.45) is 0 Å². The highest BCUT2D eigenvalue weighted by Gasteiger charge is 2.02. The van der Waals surface area contributed by atoms with E-state index in [1.165, 1.54) is 25.0 Å². The fourth-order valence-corrected chi connectivity index (χ4v) is 1.41. The number of ether oxygens (including phenoxy) is 1. The molecule has 0 saturated heterocycles. The maximum atomic E-state index is 13.2. The van der Waals surface area contributed by atoms with Gasteiger partial charge in [0.05, 0.1) is 12.2 Å². The zero-order valence-corrected chi connectivity index (χ0v) is 9.54. The van der Waals surface area contributed by atoms with E-state index in [0.717, 1.165) is 12.8 Å². The van der Waals surface area contributed by atoms with E-state index >= 15 is 0 Å². The van der Waals surface area contributed by atoms with Crippen LogP contribution in [0.25, 0.3) is 0 Å². The van der Waals surface area contributed by atoms with Crippen molar-refractivity contribution in [2.75, 3.05) is 6.61 Å². The summed E-state index contributed by atoms with van der Waals surface area (Å²) in [5.74, 6) is -0.0411. The fraction of sp³-hybridized carbons (Fsp3) is 0.462. The molecular weight excluding hydrogens is 207 g/mol. The quantitative estimate of drug-likeness (QED) is 0.522. The summed E-state index contributed by atoms with van der Waals surface area (Å²) in [6, 6.07) is 4.31. The number of carbonyl (C=O) groups is 1. The van der Waals surface area contributed by atoms with Crippen LogP contribution in [0.4, 0.5) is 4.39 Å². The van der Waals surface area contributed by atoms with Gasteiger partial charge in [0.1, 0.15) is 11.6 Å². The maximum Gasteiger partial charge on any atom is 0.152 e. The number of hydrogen-bond donors (Lipinski definition) is 0. The van der Waals surface area contributed by atoms with Gasteiger partial charge >= 0.3 is 0 Å². The van der Waals surface area contributed by atoms with E-state index in [-0.39, 0.29) is 5.56 Å². The summed E-state index contributed by atoms with van der Waals surface area (Å²) in [4.78, 5) is 10.4. The number of hydrogen-bond acceptors (Lipinski definition) is 2. The highest BCUT2D eigenvalue weighted by atomic mass is 19.1. The first-order valence-electron chi connectivity index (χ1n) is 5.65. The molecular formula is C13H17FO2. The molecule has 0 saturated carbocycles. The Balaban J connectivity index is 2.37. The van der Waals surface area contributed by atoms with Crippen LogP contribution in [0.3, 0.4) is 0 Å². The largest absolute Gasteiger partial charge is 0.493 e. The molecule has 0 spiro atoms. The van der Waals surface area contributed by atoms with Crippen molar-refractivity contribution in [2.45, 2.75) is 32.6 Å². The summed E-state index contributed by atoms with van der Waals surface area (Å²) in [5.41, 5.74) is 0.0679. The zero-order chi connectivity index (χ0) is 11.8. The van der Waals surface area contributed by atoms with Crippen molar-refractivity contribution in [3.63, 3.8) is 0 Å². The molecule has 2 nitrogen and oxygen atoms in total. The van der Waals surface area contributed by atoms with Crippen LogP contribution in [-0.4, -0.2) is 12.9 Å². The van der Waals surface area contributed by atoms with E-state index in [1.54, 1.807) is 6.07 Å². The molecule has 1 rings (SSSR count). The molecule has 0 unspecified atom stereocenters. The predicted octanol–water partition coefficient (Wildman–Crippen LogP) is 3.60. The average Bonchev–Trinajstić information content (AvgIpc) is 2.29. The van der Waals surface area contributed by atoms with E-state index < -0.39 is 5.82 Å². The highest BCUT2D eigenvalue weighted by Crippen LogP contribution is 2.15. The Labute approximate surface area is 95.4 Å². The molecule has 0 bridgehead atoms. The summed E-state index contributed by atoms with van der Waals surface area (Å²) < 4.78 is 18.5. The van der Waals surface area contributed by atoms with E-state index in [4.69, 9.17) is 4.74 Å². The van der Waals surface area contributed by atoms with Crippen LogP contribution in [0.1, 0.15) is 43.0 Å². The minimum Gasteiger partial charge on any atom is -0.493 e. The van der Waals surface area contributed by atoms with Gasteiger partial charge < -0.3 is 4.74 Å². The van der Waals surface area contributed by atoms with Crippen molar-refractivity contribution in [1.29, 1.82) is 0 Å². The monoisotopic (exact) mass is 224 g/mol. The normalized spacial score (nSPS) is 10.1. The van der Waals surface area contributed by atoms with Crippen LogP contribution in [-0.2, 0) is 0 Å². The van der Waals surface area contributed by atoms with Crippen LogP contribution in [0, 0.1) is 5.82 Å². The molecule has 88 valence electrons. The van der Waals surface area contributed by atoms with Gasteiger partial charge in [-0.3, -0.25) is 4.79 Å². The van der Waals surface area contributed by atoms with Crippen molar-refractivity contribution in [1.82, 2.24) is 0 Å². The Morgan fingerprint density at radius 1 is 1.31 bits per heavy atom. The SMILES string of the molecule is CCCCCCOc1ccc(C=O)c(F)c1. The zero-order valence-electron chi connectivity index (χ0n) is 9.54. The molecule has 0 heterocycles. The highest BCUT2D eigenvalue weighted by molar-refractivity contribution is 5.75. The van der Waals surface area contributed by atoms with Crippen molar-refractivity contribution < 1.29 is 13.9 Å². The van der Waals surface area contributed by atoms with Crippen LogP contribution < -0.4 is 4.74 Å². The van der Waals surface area contributed by atoms with Crippen molar-refractivity contribution in [3.8, 4) is 5.75 Å². The lowest BCUT2D eigenvalue weighted by atomic mass is 10.2. The summed E-state index contributed by atoms with van der Waals surface area (Å²) in [5, 5.41) is 0. The van der Waals surface area contributed by atoms with Crippen LogP contribution >= 0.6 is 0 Å². The summed E-state index contributed by atoms with van der Waals surface area (Å²) >= 11 is 0. The lowest BCUT2D eigenvalue weighted by Gasteiger charge is -2.06. The number of benzene rings is 1. The smallest absolute Gasteiger partial charge is 0.152 e. The second kappa shape index (κ2) is 6.99. The molecule has 0 aromatic heterocycles. The van der Waals surface area contributed by atoms with Crippen LogP contribution in [0.2, 0.25) is 0 Å². The third-order valence-electron chi connectivity index (χ3n) is 2.37. The molecule has 0 aliphatic rings. The van der Waals surface area contributed by atoms with Gasteiger partial charge in [0.15, 0.2) is 6.29 Å². The number of rotatable bonds is 7. The van der Waals surface area contributed by atoms with Gasteiger partial charge in [-0.15, -0.1) is 0 Å². The van der Waals surface area contributed by atoms with Crippen molar-refractivity contribution in [3.05, 3.63) is 29.6 Å². The number of halogens is 1. The van der Waals surface area contributed by atoms with Gasteiger partial charge in [0.2, 0.25) is 0 Å². The lowest BCUT2D eigenvalue weighted by molar-refractivity contribution is 0.111. The second-order valence-electron chi connectivity index (χ2n) is 3.71. The molecule has 0 amide bonds. The molecule has 16 heavy (non-hydrogen) atoms. The van der Waals surface area contributed by atoms with E-state index in [9.17, 15) is 9.18 Å². The predicted molar refractivity (Wildman–Crippen MR) is 61.4 cm³/mol. The Morgan fingerprint density at radius 3 is 2.75 bits per heavy atom. The van der Waals surface area contributed by atoms with Gasteiger partial charge in [-0.05, 0) is 18.6 Å². The van der Waals surface area contributed by atoms with Gasteiger partial charge in [0.25, 0.3) is 0 Å². The van der Waals surface area contributed by atoms with Crippen LogP contribution in [0.15, 0.2) is 18.2 Å². The minimum atomic E-state index is -0.527. The fourth-order valence-electron chi connectivity index (χ4n) is 1.41. The molecule has 0 atom stereocenters. The van der Waals surface area contributed by atoms with E-state index in [2.05, 4.69) is 6.92 Å². The van der Waals surface area contributed by atoms with Gasteiger partial charge in [-0.25, -0.2) is 4.39 Å². The van der Waals surface area contributed by atoms with Crippen molar-refractivity contribution >= 4 is 6.29 Å². The van der Waals surface area contributed by atoms with E-state index in [1.807, 2.05) is 0 Å². The number of unbranched alkanes of at least 4 members (excludes halogenated alkanes) is 3. The minimum absolute atomic E-state index is 0.0679. The third kappa shape index (κ3) is 4.01. The third-order valence-corrected chi connectivity index (χ3v) is 2.37. The molecule has 0 N–H and O–H groups in total. The molecule has 1 aromatic carbocycles. The molecule has 0 radical (unpaired) electrons. The average molecular weight is 224 g/mol. The van der Waals surface area contributed by atoms with Gasteiger partial charge in [0, 0.05) is 6.07 Å². The first-order chi connectivity index (χ1) is 7.77. The standard InChI is InChI=1S/C13H17FO2/c1-2-3-4-5-8-16-12-7-6-11(10-15)13(14)9-12/h6-7,9-10H,2-5,8H2,1H3. The first-order valence-corrected chi connectivity index (χ1v) is 5.65. The second-order valence-corrected chi connectivity index (χ2v) is 3.71. The summed E-state index contributed by atoms with van der Waals surface area (Å²) in [6.45, 7) is 2.74.